The molecule has 6 heteroatoms. The van der Waals surface area contributed by atoms with Crippen molar-refractivity contribution >= 4 is 21.8 Å². The molecular formula is C10H14BrN3O2. The number of nitrogens with zero attached hydrogens (tertiary/aromatic N) is 1. The number of rotatable bonds is 7. The molecule has 1 aromatic rings. The molecule has 5 nitrogen and oxygen atoms in total. The van der Waals surface area contributed by atoms with E-state index in [1.54, 1.807) is 12.4 Å². The lowest BCUT2D eigenvalue weighted by molar-refractivity contribution is -0.122. The lowest BCUT2D eigenvalue weighted by atomic mass is 10.3. The molecular weight excluding hydrogens is 274 g/mol. The van der Waals surface area contributed by atoms with Crippen LogP contribution in [0.1, 0.15) is 5.56 Å². The van der Waals surface area contributed by atoms with Gasteiger partial charge in [0.05, 0.1) is 6.61 Å². The van der Waals surface area contributed by atoms with Crippen molar-refractivity contribution in [3.8, 4) is 0 Å². The first kappa shape index (κ1) is 13.1. The van der Waals surface area contributed by atoms with Crippen LogP contribution in [0.3, 0.4) is 0 Å². The topological polar surface area (TPSA) is 77.2 Å². The highest BCUT2D eigenvalue weighted by molar-refractivity contribution is 9.10. The molecule has 0 aromatic carbocycles. The van der Waals surface area contributed by atoms with Crippen molar-refractivity contribution in [2.45, 2.75) is 6.54 Å². The maximum Gasteiger partial charge on any atom is 0.243 e. The largest absolute Gasteiger partial charge is 0.370 e. The van der Waals surface area contributed by atoms with Crippen LogP contribution in [0, 0.1) is 0 Å². The lowest BCUT2D eigenvalue weighted by Crippen LogP contribution is -2.23. The highest BCUT2D eigenvalue weighted by Crippen LogP contribution is 2.08. The fourth-order valence-corrected chi connectivity index (χ4v) is 1.51. The first-order valence-corrected chi connectivity index (χ1v) is 5.64. The monoisotopic (exact) mass is 287 g/mol. The number of primary amides is 1. The van der Waals surface area contributed by atoms with Crippen molar-refractivity contribution in [3.05, 3.63) is 28.5 Å². The number of amides is 1. The Bertz CT molecular complexity index is 347. The van der Waals surface area contributed by atoms with Crippen molar-refractivity contribution in [2.24, 2.45) is 5.73 Å². The molecule has 0 saturated carbocycles. The molecule has 0 aliphatic carbocycles. The van der Waals surface area contributed by atoms with Gasteiger partial charge < -0.3 is 15.8 Å². The predicted molar refractivity (Wildman–Crippen MR) is 63.7 cm³/mol. The van der Waals surface area contributed by atoms with Gasteiger partial charge in [0, 0.05) is 30.0 Å². The van der Waals surface area contributed by atoms with Crippen LogP contribution < -0.4 is 11.1 Å². The van der Waals surface area contributed by atoms with Gasteiger partial charge in [-0.25, -0.2) is 0 Å². The van der Waals surface area contributed by atoms with Crippen molar-refractivity contribution in [3.63, 3.8) is 0 Å². The molecule has 1 rings (SSSR count). The molecule has 0 bridgehead atoms. The lowest BCUT2D eigenvalue weighted by Gasteiger charge is -2.05. The minimum absolute atomic E-state index is 0.0277. The summed E-state index contributed by atoms with van der Waals surface area (Å²) < 4.78 is 5.95. The van der Waals surface area contributed by atoms with Gasteiger partial charge in [0.1, 0.15) is 6.61 Å². The van der Waals surface area contributed by atoms with Gasteiger partial charge in [-0.2, -0.15) is 0 Å². The summed E-state index contributed by atoms with van der Waals surface area (Å²) in [5.74, 6) is -0.448. The number of halogens is 1. The maximum absolute atomic E-state index is 10.4. The quantitative estimate of drug-likeness (QED) is 0.714. The van der Waals surface area contributed by atoms with E-state index < -0.39 is 5.91 Å². The molecule has 1 heterocycles. The van der Waals surface area contributed by atoms with Crippen molar-refractivity contribution in [1.29, 1.82) is 0 Å². The standard InChI is InChI=1S/C10H14BrN3O2/c11-9-3-8(5-14-6-9)4-13-1-2-16-7-10(12)15/h3,5-6,13H,1-2,4,7H2,(H2,12,15). The molecule has 0 radical (unpaired) electrons. The Labute approximate surface area is 103 Å². The normalized spacial score (nSPS) is 10.3. The minimum Gasteiger partial charge on any atom is -0.370 e. The second-order valence-corrected chi connectivity index (χ2v) is 4.12. The summed E-state index contributed by atoms with van der Waals surface area (Å²) in [6.07, 6.45) is 3.53. The van der Waals surface area contributed by atoms with Gasteiger partial charge in [-0.3, -0.25) is 9.78 Å². The van der Waals surface area contributed by atoms with E-state index in [-0.39, 0.29) is 6.61 Å². The summed E-state index contributed by atoms with van der Waals surface area (Å²) in [5, 5.41) is 3.16. The van der Waals surface area contributed by atoms with Crippen molar-refractivity contribution in [2.75, 3.05) is 19.8 Å². The van der Waals surface area contributed by atoms with Gasteiger partial charge in [0.25, 0.3) is 0 Å². The molecule has 16 heavy (non-hydrogen) atoms. The van der Waals surface area contributed by atoms with Crippen molar-refractivity contribution in [1.82, 2.24) is 10.3 Å². The summed E-state index contributed by atoms with van der Waals surface area (Å²) >= 11 is 3.35. The van der Waals surface area contributed by atoms with Crippen LogP contribution in [0.4, 0.5) is 0 Å². The molecule has 0 unspecified atom stereocenters. The average molecular weight is 288 g/mol. The Hall–Kier alpha value is -0.980. The molecule has 0 atom stereocenters. The van der Waals surface area contributed by atoms with E-state index in [1.165, 1.54) is 0 Å². The third kappa shape index (κ3) is 5.79. The van der Waals surface area contributed by atoms with Crippen LogP contribution in [0.2, 0.25) is 0 Å². The SMILES string of the molecule is NC(=O)COCCNCc1cncc(Br)c1. The summed E-state index contributed by atoms with van der Waals surface area (Å²) in [4.78, 5) is 14.4. The van der Waals surface area contributed by atoms with E-state index in [4.69, 9.17) is 10.5 Å². The molecule has 88 valence electrons. The van der Waals surface area contributed by atoms with Crippen LogP contribution >= 0.6 is 15.9 Å². The van der Waals surface area contributed by atoms with E-state index in [1.807, 2.05) is 6.07 Å². The third-order valence-corrected chi connectivity index (χ3v) is 2.19. The van der Waals surface area contributed by atoms with Crippen molar-refractivity contribution < 1.29 is 9.53 Å². The average Bonchev–Trinajstić information content (AvgIpc) is 2.23. The molecule has 0 spiro atoms. The first-order chi connectivity index (χ1) is 7.68. The number of carbonyl (C=O) groups is 1. The van der Waals surface area contributed by atoms with Gasteiger partial charge in [0.15, 0.2) is 0 Å². The highest BCUT2D eigenvalue weighted by atomic mass is 79.9. The van der Waals surface area contributed by atoms with Gasteiger partial charge in [-0.05, 0) is 27.6 Å². The number of hydrogen-bond donors (Lipinski definition) is 2. The van der Waals surface area contributed by atoms with E-state index in [9.17, 15) is 4.79 Å². The van der Waals surface area contributed by atoms with E-state index in [2.05, 4.69) is 26.2 Å². The summed E-state index contributed by atoms with van der Waals surface area (Å²) in [5.41, 5.74) is 6.00. The number of nitrogens with one attached hydrogen (secondary N) is 1. The second-order valence-electron chi connectivity index (χ2n) is 3.21. The Morgan fingerprint density at radius 3 is 3.06 bits per heavy atom. The summed E-state index contributed by atoms with van der Waals surface area (Å²) in [7, 11) is 0. The van der Waals surface area contributed by atoms with Crippen LogP contribution in [0.5, 0.6) is 0 Å². The summed E-state index contributed by atoms with van der Waals surface area (Å²) in [6, 6.07) is 1.99. The Morgan fingerprint density at radius 2 is 2.38 bits per heavy atom. The van der Waals surface area contributed by atoms with Crippen LogP contribution in [-0.2, 0) is 16.1 Å². The van der Waals surface area contributed by atoms with E-state index in [0.29, 0.717) is 19.7 Å². The molecule has 0 aliphatic heterocycles. The maximum atomic E-state index is 10.4. The van der Waals surface area contributed by atoms with E-state index in [0.717, 1.165) is 10.0 Å². The van der Waals surface area contributed by atoms with E-state index >= 15 is 0 Å². The van der Waals surface area contributed by atoms with Crippen LogP contribution in [0.15, 0.2) is 22.9 Å². The Morgan fingerprint density at radius 1 is 1.56 bits per heavy atom. The third-order valence-electron chi connectivity index (χ3n) is 1.76. The fourth-order valence-electron chi connectivity index (χ4n) is 1.10. The predicted octanol–water partition coefficient (Wildman–Crippen LogP) is 0.436. The van der Waals surface area contributed by atoms with Crippen LogP contribution in [0.25, 0.3) is 0 Å². The number of carbonyl (C=O) groups excluding carboxylic acids is 1. The van der Waals surface area contributed by atoms with Gasteiger partial charge in [-0.15, -0.1) is 0 Å². The first-order valence-electron chi connectivity index (χ1n) is 4.84. The number of pyridine rings is 1. The molecule has 3 N–H and O–H groups in total. The zero-order valence-electron chi connectivity index (χ0n) is 8.78. The van der Waals surface area contributed by atoms with Gasteiger partial charge in [-0.1, -0.05) is 0 Å². The van der Waals surface area contributed by atoms with Gasteiger partial charge >= 0.3 is 0 Å². The number of hydrogen-bond acceptors (Lipinski definition) is 4. The number of ether oxygens (including phenoxy) is 1. The summed E-state index contributed by atoms with van der Waals surface area (Å²) in [6.45, 7) is 1.82. The molecule has 1 aromatic heterocycles. The smallest absolute Gasteiger partial charge is 0.243 e. The van der Waals surface area contributed by atoms with Crippen LogP contribution in [-0.4, -0.2) is 30.6 Å². The fraction of sp³-hybridized carbons (Fsp3) is 0.400. The number of aromatic nitrogens is 1. The number of nitrogens with two attached hydrogens (primary N) is 1. The molecule has 0 fully saturated rings. The zero-order valence-corrected chi connectivity index (χ0v) is 10.4. The molecule has 0 saturated heterocycles. The van der Waals surface area contributed by atoms with Gasteiger partial charge in [0.2, 0.25) is 5.91 Å². The molecule has 1 amide bonds. The minimum atomic E-state index is -0.448. The Kier molecular flexibility index (Phi) is 5.99. The Balaban J connectivity index is 2.09. The molecule has 0 aliphatic rings. The second kappa shape index (κ2) is 7.32. The highest BCUT2D eigenvalue weighted by Gasteiger charge is 1.96. The zero-order chi connectivity index (χ0) is 11.8.